The molecule has 1 atom stereocenters. The minimum Gasteiger partial charge on any atom is -0.356 e. The minimum atomic E-state index is 0.269. The highest BCUT2D eigenvalue weighted by molar-refractivity contribution is 7.98. The third-order valence-electron chi connectivity index (χ3n) is 2.07. The van der Waals surface area contributed by atoms with Gasteiger partial charge in [0.05, 0.1) is 0 Å². The second kappa shape index (κ2) is 4.65. The molecule has 0 aromatic carbocycles. The van der Waals surface area contributed by atoms with E-state index in [-0.39, 0.29) is 5.91 Å². The highest BCUT2D eigenvalue weighted by Crippen LogP contribution is 2.16. The summed E-state index contributed by atoms with van der Waals surface area (Å²) in [4.78, 5) is 11.2. The smallest absolute Gasteiger partial charge is 0.223 e. The fourth-order valence-electron chi connectivity index (χ4n) is 1.37. The lowest BCUT2D eigenvalue weighted by atomic mass is 9.96. The lowest BCUT2D eigenvalue weighted by Crippen LogP contribution is -2.36. The lowest BCUT2D eigenvalue weighted by Gasteiger charge is -2.20. The highest BCUT2D eigenvalue weighted by Gasteiger charge is 2.20. The lowest BCUT2D eigenvalue weighted by molar-refractivity contribution is -0.126. The van der Waals surface area contributed by atoms with Gasteiger partial charge in [-0.1, -0.05) is 0 Å². The maximum absolute atomic E-state index is 11.2. The molecule has 0 aromatic rings. The van der Waals surface area contributed by atoms with Crippen molar-refractivity contribution in [3.8, 4) is 0 Å². The molecule has 1 fully saturated rings. The molecular formula is C8H15NOS. The van der Waals surface area contributed by atoms with Gasteiger partial charge >= 0.3 is 0 Å². The van der Waals surface area contributed by atoms with Gasteiger partial charge in [0.2, 0.25) is 5.91 Å². The fraction of sp³-hybridized carbons (Fsp3) is 0.875. The molecule has 1 heterocycles. The Hall–Kier alpha value is -0.180. The Bertz CT molecular complexity index is 138. The largest absolute Gasteiger partial charge is 0.356 e. The second-order valence-electron chi connectivity index (χ2n) is 2.91. The Morgan fingerprint density at radius 1 is 1.73 bits per heavy atom. The van der Waals surface area contributed by atoms with Crippen LogP contribution < -0.4 is 5.32 Å². The van der Waals surface area contributed by atoms with Crippen molar-refractivity contribution in [2.24, 2.45) is 5.92 Å². The van der Waals surface area contributed by atoms with Crippen molar-refractivity contribution in [2.75, 3.05) is 18.6 Å². The molecule has 64 valence electrons. The number of thioether (sulfide) groups is 1. The summed E-state index contributed by atoms with van der Waals surface area (Å²) in [6.45, 7) is 0.884. The first-order chi connectivity index (χ1) is 5.34. The molecule has 1 aliphatic heterocycles. The van der Waals surface area contributed by atoms with Gasteiger partial charge in [0.25, 0.3) is 0 Å². The number of nitrogens with one attached hydrogen (secondary N) is 1. The van der Waals surface area contributed by atoms with Crippen LogP contribution in [-0.2, 0) is 4.79 Å². The molecule has 3 heteroatoms. The first kappa shape index (κ1) is 8.91. The Labute approximate surface area is 72.1 Å². The maximum atomic E-state index is 11.2. The van der Waals surface area contributed by atoms with Gasteiger partial charge in [-0.15, -0.1) is 0 Å². The van der Waals surface area contributed by atoms with Crippen molar-refractivity contribution in [1.29, 1.82) is 0 Å². The average molecular weight is 173 g/mol. The molecule has 1 amide bonds. The molecular weight excluding hydrogens is 158 g/mol. The molecule has 1 aliphatic rings. The van der Waals surface area contributed by atoms with Crippen LogP contribution in [0.5, 0.6) is 0 Å². The van der Waals surface area contributed by atoms with E-state index >= 15 is 0 Å². The molecule has 0 spiro atoms. The predicted octanol–water partition coefficient (Wildman–Crippen LogP) is 1.27. The predicted molar refractivity (Wildman–Crippen MR) is 48.7 cm³/mol. The van der Waals surface area contributed by atoms with Crippen molar-refractivity contribution in [2.45, 2.75) is 19.3 Å². The van der Waals surface area contributed by atoms with Crippen LogP contribution in [0.25, 0.3) is 0 Å². The van der Waals surface area contributed by atoms with Gasteiger partial charge in [-0.3, -0.25) is 4.79 Å². The summed E-state index contributed by atoms with van der Waals surface area (Å²) < 4.78 is 0. The van der Waals surface area contributed by atoms with Crippen LogP contribution in [0.15, 0.2) is 0 Å². The molecule has 0 aliphatic carbocycles. The summed E-state index contributed by atoms with van der Waals surface area (Å²) in [6.07, 6.45) is 5.38. The molecule has 1 rings (SSSR count). The second-order valence-corrected chi connectivity index (χ2v) is 3.90. The normalized spacial score (nSPS) is 24.8. The summed E-state index contributed by atoms with van der Waals surface area (Å²) in [5.74, 6) is 1.68. The van der Waals surface area contributed by atoms with Crippen molar-refractivity contribution in [3.05, 3.63) is 0 Å². The highest BCUT2D eigenvalue weighted by atomic mass is 32.2. The van der Waals surface area contributed by atoms with E-state index in [1.54, 1.807) is 0 Å². The molecule has 0 aromatic heterocycles. The van der Waals surface area contributed by atoms with Gasteiger partial charge in [-0.25, -0.2) is 0 Å². The van der Waals surface area contributed by atoms with E-state index < -0.39 is 0 Å². The number of hydrogen-bond acceptors (Lipinski definition) is 2. The maximum Gasteiger partial charge on any atom is 0.223 e. The van der Waals surface area contributed by atoms with E-state index in [1.165, 1.54) is 0 Å². The molecule has 11 heavy (non-hydrogen) atoms. The van der Waals surface area contributed by atoms with E-state index in [4.69, 9.17) is 0 Å². The average Bonchev–Trinajstić information content (AvgIpc) is 2.03. The van der Waals surface area contributed by atoms with Gasteiger partial charge in [-0.05, 0) is 31.3 Å². The molecule has 1 N–H and O–H groups in total. The summed E-state index contributed by atoms with van der Waals surface area (Å²) >= 11 is 1.82. The number of rotatable bonds is 3. The molecule has 2 nitrogen and oxygen atoms in total. The molecule has 1 saturated heterocycles. The van der Waals surface area contributed by atoms with Gasteiger partial charge in [0, 0.05) is 12.5 Å². The number of carbonyl (C=O) groups is 1. The first-order valence-corrected chi connectivity index (χ1v) is 5.50. The minimum absolute atomic E-state index is 0.269. The summed E-state index contributed by atoms with van der Waals surface area (Å²) in [6, 6.07) is 0. The van der Waals surface area contributed by atoms with E-state index in [2.05, 4.69) is 11.6 Å². The molecule has 0 bridgehead atoms. The fourth-order valence-corrected chi connectivity index (χ4v) is 1.89. The Morgan fingerprint density at radius 3 is 3.18 bits per heavy atom. The zero-order valence-corrected chi connectivity index (χ0v) is 7.75. The number of carbonyl (C=O) groups excluding carboxylic acids is 1. The van der Waals surface area contributed by atoms with Crippen LogP contribution in [0.1, 0.15) is 19.3 Å². The molecule has 0 saturated carbocycles. The van der Waals surface area contributed by atoms with E-state index in [0.717, 1.165) is 31.6 Å². The van der Waals surface area contributed by atoms with Crippen LogP contribution in [0.4, 0.5) is 0 Å². The quantitative estimate of drug-likeness (QED) is 0.696. The van der Waals surface area contributed by atoms with Gasteiger partial charge in [0.15, 0.2) is 0 Å². The summed E-state index contributed by atoms with van der Waals surface area (Å²) in [7, 11) is 0. The van der Waals surface area contributed by atoms with Gasteiger partial charge in [0.1, 0.15) is 0 Å². The number of piperidine rings is 1. The van der Waals surface area contributed by atoms with Gasteiger partial charge < -0.3 is 5.32 Å². The standard InChI is InChI=1S/C8H15NOS/c1-11-6-4-7-3-2-5-9-8(7)10/h7H,2-6H2,1H3,(H,9,10). The third-order valence-corrected chi connectivity index (χ3v) is 2.71. The van der Waals surface area contributed by atoms with Crippen LogP contribution >= 0.6 is 11.8 Å². The zero-order valence-electron chi connectivity index (χ0n) is 6.93. The summed E-state index contributed by atoms with van der Waals surface area (Å²) in [5, 5.41) is 2.89. The monoisotopic (exact) mass is 173 g/mol. The Balaban J connectivity index is 2.24. The van der Waals surface area contributed by atoms with Crippen molar-refractivity contribution in [3.63, 3.8) is 0 Å². The van der Waals surface area contributed by atoms with Crippen LogP contribution in [0.2, 0.25) is 0 Å². The van der Waals surface area contributed by atoms with Crippen molar-refractivity contribution >= 4 is 17.7 Å². The number of amides is 1. The Kier molecular flexibility index (Phi) is 3.77. The van der Waals surface area contributed by atoms with Crippen LogP contribution in [0.3, 0.4) is 0 Å². The Morgan fingerprint density at radius 2 is 2.55 bits per heavy atom. The third kappa shape index (κ3) is 2.73. The number of hydrogen-bond donors (Lipinski definition) is 1. The molecule has 1 unspecified atom stereocenters. The van der Waals surface area contributed by atoms with E-state index in [1.807, 2.05) is 11.8 Å². The topological polar surface area (TPSA) is 29.1 Å². The van der Waals surface area contributed by atoms with E-state index in [9.17, 15) is 4.79 Å². The summed E-state index contributed by atoms with van der Waals surface area (Å²) in [5.41, 5.74) is 0. The van der Waals surface area contributed by atoms with Crippen molar-refractivity contribution < 1.29 is 4.79 Å². The van der Waals surface area contributed by atoms with E-state index in [0.29, 0.717) is 5.92 Å². The van der Waals surface area contributed by atoms with Crippen LogP contribution in [0, 0.1) is 5.92 Å². The van der Waals surface area contributed by atoms with Gasteiger partial charge in [-0.2, -0.15) is 11.8 Å². The van der Waals surface area contributed by atoms with Crippen LogP contribution in [-0.4, -0.2) is 24.5 Å². The zero-order chi connectivity index (χ0) is 8.10. The van der Waals surface area contributed by atoms with Crippen molar-refractivity contribution in [1.82, 2.24) is 5.32 Å². The SMILES string of the molecule is CSCCC1CCCNC1=O. The first-order valence-electron chi connectivity index (χ1n) is 4.11. The molecule has 0 radical (unpaired) electrons.